The second-order valence-corrected chi connectivity index (χ2v) is 5.48. The monoisotopic (exact) mass is 302 g/mol. The fraction of sp³-hybridized carbons (Fsp3) is 0.167. The van der Waals surface area contributed by atoms with Crippen molar-refractivity contribution in [3.05, 3.63) is 60.6 Å². The minimum Gasteiger partial charge on any atom is -0.487 e. The molecule has 0 aliphatic carbocycles. The molecule has 1 saturated heterocycles. The van der Waals surface area contributed by atoms with Gasteiger partial charge in [0.1, 0.15) is 23.6 Å². The summed E-state index contributed by atoms with van der Waals surface area (Å²) in [6.07, 6.45) is 3.56. The van der Waals surface area contributed by atoms with E-state index in [1.165, 1.54) is 5.69 Å². The van der Waals surface area contributed by atoms with E-state index in [2.05, 4.69) is 20.9 Å². The van der Waals surface area contributed by atoms with Crippen LogP contribution in [-0.4, -0.2) is 29.2 Å². The van der Waals surface area contributed by atoms with Gasteiger partial charge in [-0.05, 0) is 18.2 Å². The van der Waals surface area contributed by atoms with Crippen molar-refractivity contribution in [1.29, 1.82) is 5.26 Å². The predicted molar refractivity (Wildman–Crippen MR) is 87.3 cm³/mol. The zero-order chi connectivity index (χ0) is 15.6. The maximum Gasteiger partial charge on any atom is 0.144 e. The van der Waals surface area contributed by atoms with E-state index in [0.717, 1.165) is 24.0 Å². The Morgan fingerprint density at radius 3 is 2.78 bits per heavy atom. The molecule has 3 aromatic rings. The van der Waals surface area contributed by atoms with Crippen molar-refractivity contribution in [2.45, 2.75) is 6.10 Å². The lowest BCUT2D eigenvalue weighted by molar-refractivity contribution is 0.167. The highest BCUT2D eigenvalue weighted by Gasteiger charge is 2.29. The molecule has 112 valence electrons. The van der Waals surface area contributed by atoms with Crippen molar-refractivity contribution >= 4 is 16.6 Å². The zero-order valence-electron chi connectivity index (χ0n) is 12.4. The first-order valence-electron chi connectivity index (χ1n) is 7.45. The highest BCUT2D eigenvalue weighted by atomic mass is 16.5. The summed E-state index contributed by atoms with van der Waals surface area (Å²) in [5.41, 5.74) is 2.56. The summed E-state index contributed by atoms with van der Waals surface area (Å²) in [6, 6.07) is 15.7. The van der Waals surface area contributed by atoms with Gasteiger partial charge in [0.25, 0.3) is 0 Å². The van der Waals surface area contributed by atoms with Crippen LogP contribution in [0.25, 0.3) is 10.9 Å². The Morgan fingerprint density at radius 1 is 1.09 bits per heavy atom. The summed E-state index contributed by atoms with van der Waals surface area (Å²) in [5.74, 6) is 0.695. The molecule has 0 spiro atoms. The Labute approximate surface area is 133 Å². The minimum atomic E-state index is 0.121. The first kappa shape index (κ1) is 13.5. The molecule has 0 saturated carbocycles. The van der Waals surface area contributed by atoms with E-state index in [4.69, 9.17) is 10.00 Å². The van der Waals surface area contributed by atoms with Crippen molar-refractivity contribution in [1.82, 2.24) is 9.97 Å². The minimum absolute atomic E-state index is 0.121. The fourth-order valence-corrected chi connectivity index (χ4v) is 2.80. The molecule has 1 aliphatic heterocycles. The third kappa shape index (κ3) is 2.55. The second kappa shape index (κ2) is 5.58. The predicted octanol–water partition coefficient (Wildman–Crippen LogP) is 2.77. The number of nitriles is 1. The van der Waals surface area contributed by atoms with Crippen LogP contribution in [0.15, 0.2) is 54.9 Å². The lowest BCUT2D eigenvalue weighted by atomic mass is 10.1. The molecule has 4 rings (SSSR count). The molecule has 5 nitrogen and oxygen atoms in total. The van der Waals surface area contributed by atoms with E-state index in [9.17, 15) is 0 Å². The summed E-state index contributed by atoms with van der Waals surface area (Å²) in [7, 11) is 0. The molecular weight excluding hydrogens is 288 g/mol. The van der Waals surface area contributed by atoms with Crippen molar-refractivity contribution in [3.8, 4) is 11.8 Å². The first-order valence-corrected chi connectivity index (χ1v) is 7.45. The number of anilines is 1. The Hall–Kier alpha value is -3.13. The van der Waals surface area contributed by atoms with Crippen molar-refractivity contribution < 1.29 is 4.74 Å². The molecule has 0 atom stereocenters. The number of fused-ring (bicyclic) bond motifs is 1. The number of ether oxygens (including phenoxy) is 1. The summed E-state index contributed by atoms with van der Waals surface area (Å²) in [5, 5.41) is 10.0. The van der Waals surface area contributed by atoms with Gasteiger partial charge in [0.2, 0.25) is 0 Å². The van der Waals surface area contributed by atoms with E-state index in [0.29, 0.717) is 11.4 Å². The van der Waals surface area contributed by atoms with E-state index in [-0.39, 0.29) is 6.10 Å². The molecular formula is C18H14N4O. The molecule has 0 N–H and O–H groups in total. The third-order valence-corrected chi connectivity index (χ3v) is 3.96. The number of aromatic nitrogens is 2. The Morgan fingerprint density at radius 2 is 1.91 bits per heavy atom. The SMILES string of the molecule is N#Cc1cc(OC2CN(c3ccnc4ccccc34)C2)ccn1. The van der Waals surface area contributed by atoms with Crippen LogP contribution in [0, 0.1) is 11.3 Å². The van der Waals surface area contributed by atoms with Crippen LogP contribution in [0.2, 0.25) is 0 Å². The van der Waals surface area contributed by atoms with Crippen molar-refractivity contribution in [2.75, 3.05) is 18.0 Å². The van der Waals surface area contributed by atoms with E-state index in [1.54, 1.807) is 18.3 Å². The van der Waals surface area contributed by atoms with Gasteiger partial charge in [0, 0.05) is 29.5 Å². The van der Waals surface area contributed by atoms with E-state index >= 15 is 0 Å². The lowest BCUT2D eigenvalue weighted by Gasteiger charge is -2.41. The number of para-hydroxylation sites is 1. The zero-order valence-corrected chi connectivity index (χ0v) is 12.4. The van der Waals surface area contributed by atoms with Crippen LogP contribution in [-0.2, 0) is 0 Å². The van der Waals surface area contributed by atoms with Crippen LogP contribution in [0.3, 0.4) is 0 Å². The van der Waals surface area contributed by atoms with E-state index in [1.807, 2.05) is 36.5 Å². The molecule has 3 heterocycles. The van der Waals surface area contributed by atoms with E-state index < -0.39 is 0 Å². The topological polar surface area (TPSA) is 62.0 Å². The van der Waals surface area contributed by atoms with Gasteiger partial charge in [-0.15, -0.1) is 0 Å². The maximum absolute atomic E-state index is 8.88. The molecule has 1 aromatic carbocycles. The van der Waals surface area contributed by atoms with Crippen LogP contribution in [0.4, 0.5) is 5.69 Å². The molecule has 5 heteroatoms. The summed E-state index contributed by atoms with van der Waals surface area (Å²) >= 11 is 0. The van der Waals surface area contributed by atoms with Gasteiger partial charge < -0.3 is 9.64 Å². The number of pyridine rings is 2. The molecule has 1 fully saturated rings. The van der Waals surface area contributed by atoms with Gasteiger partial charge in [0.15, 0.2) is 0 Å². The summed E-state index contributed by atoms with van der Waals surface area (Å²) < 4.78 is 5.91. The quantitative estimate of drug-likeness (QED) is 0.744. The average Bonchev–Trinajstić information content (AvgIpc) is 2.57. The molecule has 1 aliphatic rings. The van der Waals surface area contributed by atoms with Crippen molar-refractivity contribution in [2.24, 2.45) is 0 Å². The summed E-state index contributed by atoms with van der Waals surface area (Å²) in [4.78, 5) is 10.6. The van der Waals surface area contributed by atoms with Gasteiger partial charge in [-0.3, -0.25) is 4.98 Å². The van der Waals surface area contributed by atoms with Crippen molar-refractivity contribution in [3.63, 3.8) is 0 Å². The second-order valence-electron chi connectivity index (χ2n) is 5.48. The van der Waals surface area contributed by atoms with Crippen LogP contribution >= 0.6 is 0 Å². The smallest absolute Gasteiger partial charge is 0.144 e. The van der Waals surface area contributed by atoms with Gasteiger partial charge >= 0.3 is 0 Å². The molecule has 0 bridgehead atoms. The van der Waals surface area contributed by atoms with Gasteiger partial charge in [0.05, 0.1) is 18.6 Å². The average molecular weight is 302 g/mol. The van der Waals surface area contributed by atoms with Crippen LogP contribution < -0.4 is 9.64 Å². The Bertz CT molecular complexity index is 891. The lowest BCUT2D eigenvalue weighted by Crippen LogP contribution is -2.54. The number of hydrogen-bond acceptors (Lipinski definition) is 5. The Kier molecular flexibility index (Phi) is 3.28. The highest BCUT2D eigenvalue weighted by Crippen LogP contribution is 2.30. The molecule has 0 radical (unpaired) electrons. The summed E-state index contributed by atoms with van der Waals surface area (Å²) in [6.45, 7) is 1.64. The highest BCUT2D eigenvalue weighted by molar-refractivity contribution is 5.91. The van der Waals surface area contributed by atoms with Gasteiger partial charge in [-0.1, -0.05) is 18.2 Å². The normalized spacial score (nSPS) is 14.3. The number of benzene rings is 1. The fourth-order valence-electron chi connectivity index (χ4n) is 2.80. The van der Waals surface area contributed by atoms with Crippen LogP contribution in [0.1, 0.15) is 5.69 Å². The van der Waals surface area contributed by atoms with Crippen LogP contribution in [0.5, 0.6) is 5.75 Å². The van der Waals surface area contributed by atoms with Gasteiger partial charge in [-0.2, -0.15) is 5.26 Å². The number of rotatable bonds is 3. The molecule has 0 unspecified atom stereocenters. The van der Waals surface area contributed by atoms with Gasteiger partial charge in [-0.25, -0.2) is 4.98 Å². The largest absolute Gasteiger partial charge is 0.487 e. The standard InChI is InChI=1S/C18H14N4O/c19-10-13-9-14(5-7-20-13)23-15-11-22(12-15)18-6-8-21-17-4-2-1-3-16(17)18/h1-9,15H,11-12H2. The first-order chi connectivity index (χ1) is 11.3. The Balaban J connectivity index is 1.48. The molecule has 2 aromatic heterocycles. The maximum atomic E-state index is 8.88. The number of nitrogens with zero attached hydrogens (tertiary/aromatic N) is 4. The number of hydrogen-bond donors (Lipinski definition) is 0. The third-order valence-electron chi connectivity index (χ3n) is 3.96. The molecule has 0 amide bonds. The molecule has 23 heavy (non-hydrogen) atoms.